The number of nitrogens with zero attached hydrogens (tertiary/aromatic N) is 2. The van der Waals surface area contributed by atoms with Gasteiger partial charge in [0.05, 0.1) is 15.8 Å². The van der Waals surface area contributed by atoms with Gasteiger partial charge in [0.1, 0.15) is 17.1 Å². The van der Waals surface area contributed by atoms with Gasteiger partial charge in [-0.2, -0.15) is 0 Å². The smallest absolute Gasteiger partial charge is 0.410 e. The van der Waals surface area contributed by atoms with Gasteiger partial charge in [0.25, 0.3) is 5.91 Å². The number of sulfonamides is 1. The van der Waals surface area contributed by atoms with Crippen LogP contribution in [0.5, 0.6) is 0 Å². The predicted octanol–water partition coefficient (Wildman–Crippen LogP) is 4.23. The normalized spacial score (nSPS) is 16.1. The molecule has 0 saturated carbocycles. The van der Waals surface area contributed by atoms with Gasteiger partial charge in [-0.1, -0.05) is 11.6 Å². The standard InChI is InChI=1S/C24H27ClFN3O5S2/c1-24(2,3)34-23(31)28-9-6-15-13-20(18(26)12-16(15)14-28)29-10-7-19(22(29)30)27-36(32,33)11-8-17-4-5-21(25)35-17/h4-5,7,12-13,27H,6,8-11,14H2,1-3H3. The molecule has 8 nitrogen and oxygen atoms in total. The topological polar surface area (TPSA) is 96.0 Å². The molecule has 0 saturated heterocycles. The van der Waals surface area contributed by atoms with E-state index in [1.54, 1.807) is 39.0 Å². The van der Waals surface area contributed by atoms with Crippen molar-refractivity contribution in [1.29, 1.82) is 0 Å². The van der Waals surface area contributed by atoms with Crippen molar-refractivity contribution in [3.63, 3.8) is 0 Å². The van der Waals surface area contributed by atoms with Gasteiger partial charge in [0, 0.05) is 24.5 Å². The Hall–Kier alpha value is -2.63. The minimum atomic E-state index is -3.79. The highest BCUT2D eigenvalue weighted by Crippen LogP contribution is 2.31. The number of benzene rings is 1. The molecule has 2 aliphatic heterocycles. The number of nitrogens with one attached hydrogen (secondary N) is 1. The van der Waals surface area contributed by atoms with E-state index in [9.17, 15) is 18.0 Å². The number of fused-ring (bicyclic) bond motifs is 1. The SMILES string of the molecule is CC(C)(C)OC(=O)N1CCc2cc(N3CC=C(NS(=O)(=O)CCc4ccc(Cl)s4)C3=O)c(F)cc2C1. The minimum absolute atomic E-state index is 0.0387. The van der Waals surface area contributed by atoms with Crippen molar-refractivity contribution in [2.24, 2.45) is 0 Å². The number of carbonyl (C=O) groups is 2. The molecule has 1 aromatic heterocycles. The molecule has 0 spiro atoms. The van der Waals surface area contributed by atoms with E-state index in [1.165, 1.54) is 33.3 Å². The van der Waals surface area contributed by atoms with Gasteiger partial charge in [0.2, 0.25) is 10.0 Å². The summed E-state index contributed by atoms with van der Waals surface area (Å²) in [5.41, 5.74) is 0.799. The average molecular weight is 556 g/mol. The lowest BCUT2D eigenvalue weighted by Gasteiger charge is -2.32. The van der Waals surface area contributed by atoms with Gasteiger partial charge < -0.3 is 14.5 Å². The summed E-state index contributed by atoms with van der Waals surface area (Å²) < 4.78 is 48.4. The zero-order valence-corrected chi connectivity index (χ0v) is 22.5. The molecule has 0 fully saturated rings. The molecular formula is C24H27ClFN3O5S2. The molecule has 4 rings (SSSR count). The maximum absolute atomic E-state index is 15.1. The van der Waals surface area contributed by atoms with Crippen LogP contribution in [-0.2, 0) is 38.9 Å². The van der Waals surface area contributed by atoms with Crippen molar-refractivity contribution < 1.29 is 27.1 Å². The van der Waals surface area contributed by atoms with Gasteiger partial charge in [-0.25, -0.2) is 17.6 Å². The zero-order chi connectivity index (χ0) is 26.3. The van der Waals surface area contributed by atoms with Crippen molar-refractivity contribution in [3.05, 3.63) is 62.2 Å². The molecule has 2 aromatic rings. The average Bonchev–Trinajstić information content (AvgIpc) is 3.35. The van der Waals surface area contributed by atoms with E-state index < -0.39 is 33.4 Å². The number of ether oxygens (including phenoxy) is 1. The lowest BCUT2D eigenvalue weighted by atomic mass is 9.98. The number of thiophene rings is 1. The van der Waals surface area contributed by atoms with Crippen LogP contribution in [0.25, 0.3) is 0 Å². The van der Waals surface area contributed by atoms with Gasteiger partial charge >= 0.3 is 6.09 Å². The van der Waals surface area contributed by atoms with Crippen molar-refractivity contribution in [1.82, 2.24) is 9.62 Å². The predicted molar refractivity (Wildman–Crippen MR) is 137 cm³/mol. The highest BCUT2D eigenvalue weighted by Gasteiger charge is 2.32. The molecule has 0 aliphatic carbocycles. The second-order valence-electron chi connectivity index (χ2n) is 9.63. The van der Waals surface area contributed by atoms with Crippen LogP contribution in [-0.4, -0.2) is 49.8 Å². The molecule has 194 valence electrons. The summed E-state index contributed by atoms with van der Waals surface area (Å²) in [6.45, 7) is 5.99. The van der Waals surface area contributed by atoms with E-state index in [0.29, 0.717) is 22.9 Å². The van der Waals surface area contributed by atoms with E-state index in [1.807, 2.05) is 0 Å². The number of aryl methyl sites for hydroxylation is 1. The zero-order valence-electron chi connectivity index (χ0n) is 20.1. The minimum Gasteiger partial charge on any atom is -0.444 e. The molecule has 1 aromatic carbocycles. The monoisotopic (exact) mass is 555 g/mol. The summed E-state index contributed by atoms with van der Waals surface area (Å²) in [7, 11) is -3.79. The third kappa shape index (κ3) is 6.19. The Morgan fingerprint density at radius 1 is 1.25 bits per heavy atom. The molecule has 36 heavy (non-hydrogen) atoms. The number of carbonyl (C=O) groups excluding carboxylic acids is 2. The first-order chi connectivity index (χ1) is 16.8. The molecule has 0 unspecified atom stereocenters. The molecular weight excluding hydrogens is 529 g/mol. The van der Waals surface area contributed by atoms with Crippen LogP contribution < -0.4 is 9.62 Å². The maximum atomic E-state index is 15.1. The fraction of sp³-hybridized carbons (Fsp3) is 0.417. The maximum Gasteiger partial charge on any atom is 0.410 e. The fourth-order valence-corrected chi connectivity index (χ4v) is 6.30. The van der Waals surface area contributed by atoms with Crippen molar-refractivity contribution in [2.45, 2.75) is 45.8 Å². The first-order valence-corrected chi connectivity index (χ1v) is 14.2. The molecule has 2 aliphatic rings. The largest absolute Gasteiger partial charge is 0.444 e. The van der Waals surface area contributed by atoms with Gasteiger partial charge in [-0.05, 0) is 75.1 Å². The summed E-state index contributed by atoms with van der Waals surface area (Å²) in [4.78, 5) is 28.9. The molecule has 3 heterocycles. The van der Waals surface area contributed by atoms with Crippen LogP contribution in [0.1, 0.15) is 36.8 Å². The molecule has 1 N–H and O–H groups in total. The Bertz CT molecular complexity index is 1330. The molecule has 0 bridgehead atoms. The van der Waals surface area contributed by atoms with E-state index in [4.69, 9.17) is 16.3 Å². The fourth-order valence-electron chi connectivity index (χ4n) is 3.99. The van der Waals surface area contributed by atoms with Crippen molar-refractivity contribution >= 4 is 50.6 Å². The molecule has 12 heteroatoms. The molecule has 2 amide bonds. The van der Waals surface area contributed by atoms with Gasteiger partial charge in [-0.3, -0.25) is 9.52 Å². The van der Waals surface area contributed by atoms with Crippen LogP contribution in [0.2, 0.25) is 4.34 Å². The lowest BCUT2D eigenvalue weighted by Crippen LogP contribution is -2.40. The number of anilines is 1. The summed E-state index contributed by atoms with van der Waals surface area (Å²) in [6, 6.07) is 6.38. The van der Waals surface area contributed by atoms with E-state index >= 15 is 4.39 Å². The summed E-state index contributed by atoms with van der Waals surface area (Å²) >= 11 is 7.18. The van der Waals surface area contributed by atoms with E-state index in [2.05, 4.69) is 4.72 Å². The summed E-state index contributed by atoms with van der Waals surface area (Å²) in [5.74, 6) is -1.46. The van der Waals surface area contributed by atoms with Crippen LogP contribution in [0.15, 0.2) is 36.0 Å². The van der Waals surface area contributed by atoms with Crippen LogP contribution >= 0.6 is 22.9 Å². The Labute approximate surface area is 218 Å². The van der Waals surface area contributed by atoms with Crippen LogP contribution in [0, 0.1) is 5.82 Å². The highest BCUT2D eigenvalue weighted by molar-refractivity contribution is 7.89. The Kier molecular flexibility index (Phi) is 7.36. The van der Waals surface area contributed by atoms with Crippen molar-refractivity contribution in [3.8, 4) is 0 Å². The number of hydrogen-bond acceptors (Lipinski definition) is 6. The molecule has 0 atom stereocenters. The van der Waals surface area contributed by atoms with Crippen LogP contribution in [0.4, 0.5) is 14.9 Å². The Morgan fingerprint density at radius 2 is 2.00 bits per heavy atom. The second kappa shape index (κ2) is 10.0. The third-order valence-electron chi connectivity index (χ3n) is 5.69. The first-order valence-electron chi connectivity index (χ1n) is 11.4. The van der Waals surface area contributed by atoms with Crippen molar-refractivity contribution in [2.75, 3.05) is 23.7 Å². The quantitative estimate of drug-likeness (QED) is 0.575. The number of halogens is 2. The number of rotatable bonds is 6. The lowest BCUT2D eigenvalue weighted by molar-refractivity contribution is -0.114. The first kappa shape index (κ1) is 26.4. The number of amides is 2. The van der Waals surface area contributed by atoms with E-state index in [0.717, 1.165) is 10.4 Å². The summed E-state index contributed by atoms with van der Waals surface area (Å²) in [5, 5.41) is 0. The van der Waals surface area contributed by atoms with Crippen LogP contribution in [0.3, 0.4) is 0 Å². The highest BCUT2D eigenvalue weighted by atomic mass is 35.5. The third-order valence-corrected chi connectivity index (χ3v) is 8.25. The van der Waals surface area contributed by atoms with Gasteiger partial charge in [-0.15, -0.1) is 11.3 Å². The number of hydrogen-bond donors (Lipinski definition) is 1. The second-order valence-corrected chi connectivity index (χ2v) is 13.3. The Balaban J connectivity index is 1.42. The molecule has 0 radical (unpaired) electrons. The van der Waals surface area contributed by atoms with Gasteiger partial charge in [0.15, 0.2) is 0 Å². The Morgan fingerprint density at radius 3 is 2.67 bits per heavy atom. The summed E-state index contributed by atoms with van der Waals surface area (Å²) in [6.07, 6.45) is 1.71. The van der Waals surface area contributed by atoms with E-state index in [-0.39, 0.29) is 36.6 Å².